The van der Waals surface area contributed by atoms with Crippen LogP contribution in [0.15, 0.2) is 0 Å². The van der Waals surface area contributed by atoms with Crippen LogP contribution in [0.25, 0.3) is 0 Å². The molecule has 6 heteroatoms. The molecule has 2 N–H and O–H groups in total. The van der Waals surface area contributed by atoms with Gasteiger partial charge in [0, 0.05) is 12.1 Å². The highest BCUT2D eigenvalue weighted by Gasteiger charge is 2.34. The summed E-state index contributed by atoms with van der Waals surface area (Å²) in [6.45, 7) is 0. The van der Waals surface area contributed by atoms with E-state index in [1.165, 1.54) is 0 Å². The zero-order valence-electron chi connectivity index (χ0n) is 10.8. The Morgan fingerprint density at radius 1 is 1.06 bits per heavy atom. The number of nitrogens with one attached hydrogen (secondary N) is 2. The standard InChI is InChI=1S/C12H22N2O3S/c1-13-10-2-4-11(5-3-10)14-12(15)9-6-7-18(16,17)8-9/h9-11,13H,2-8H2,1H3,(H,14,15). The molecular weight excluding hydrogens is 252 g/mol. The molecule has 1 heterocycles. The molecule has 1 amide bonds. The third-order valence-corrected chi connectivity index (χ3v) is 5.85. The van der Waals surface area contributed by atoms with Crippen molar-refractivity contribution in [3.63, 3.8) is 0 Å². The summed E-state index contributed by atoms with van der Waals surface area (Å²) in [6, 6.07) is 0.787. The summed E-state index contributed by atoms with van der Waals surface area (Å²) in [5.74, 6) is -0.191. The number of hydrogen-bond donors (Lipinski definition) is 2. The summed E-state index contributed by atoms with van der Waals surface area (Å²) in [7, 11) is -1.000. The van der Waals surface area contributed by atoms with Gasteiger partial charge in [0.2, 0.25) is 5.91 Å². The van der Waals surface area contributed by atoms with Gasteiger partial charge in [-0.05, 0) is 39.2 Å². The van der Waals surface area contributed by atoms with Gasteiger partial charge in [-0.1, -0.05) is 0 Å². The molecule has 1 unspecified atom stereocenters. The smallest absolute Gasteiger partial charge is 0.224 e. The molecule has 2 aliphatic rings. The van der Waals surface area contributed by atoms with Gasteiger partial charge in [0.25, 0.3) is 0 Å². The third kappa shape index (κ3) is 3.45. The Labute approximate surface area is 109 Å². The van der Waals surface area contributed by atoms with Crippen molar-refractivity contribution < 1.29 is 13.2 Å². The highest BCUT2D eigenvalue weighted by atomic mass is 32.2. The molecule has 2 fully saturated rings. The summed E-state index contributed by atoms with van der Waals surface area (Å²) >= 11 is 0. The number of carbonyl (C=O) groups excluding carboxylic acids is 1. The normalized spacial score (nSPS) is 35.3. The van der Waals surface area contributed by atoms with Crippen LogP contribution in [-0.4, -0.2) is 45.0 Å². The predicted octanol–water partition coefficient (Wildman–Crippen LogP) is 0.0679. The molecule has 0 aromatic carbocycles. The van der Waals surface area contributed by atoms with Crippen molar-refractivity contribution >= 4 is 15.7 Å². The fraction of sp³-hybridized carbons (Fsp3) is 0.917. The van der Waals surface area contributed by atoms with Gasteiger partial charge in [0.05, 0.1) is 17.4 Å². The molecule has 1 saturated carbocycles. The second kappa shape index (κ2) is 5.57. The maximum absolute atomic E-state index is 12.0. The van der Waals surface area contributed by atoms with Crippen LogP contribution in [0.2, 0.25) is 0 Å². The molecule has 2 rings (SSSR count). The van der Waals surface area contributed by atoms with Gasteiger partial charge in [-0.2, -0.15) is 0 Å². The van der Waals surface area contributed by atoms with Crippen molar-refractivity contribution in [3.05, 3.63) is 0 Å². The van der Waals surface area contributed by atoms with E-state index in [1.807, 2.05) is 7.05 Å². The molecule has 1 aliphatic heterocycles. The first kappa shape index (κ1) is 13.8. The van der Waals surface area contributed by atoms with Crippen LogP contribution in [0, 0.1) is 5.92 Å². The second-order valence-electron chi connectivity index (χ2n) is 5.45. The Hall–Kier alpha value is -0.620. The molecule has 1 atom stereocenters. The molecule has 0 spiro atoms. The topological polar surface area (TPSA) is 75.3 Å². The van der Waals surface area contributed by atoms with Crippen molar-refractivity contribution in [1.29, 1.82) is 0 Å². The fourth-order valence-corrected chi connectivity index (χ4v) is 4.59. The molecule has 1 aliphatic carbocycles. The molecule has 0 bridgehead atoms. The number of sulfone groups is 1. The van der Waals surface area contributed by atoms with E-state index in [1.54, 1.807) is 0 Å². The van der Waals surface area contributed by atoms with E-state index in [9.17, 15) is 13.2 Å². The zero-order chi connectivity index (χ0) is 13.2. The lowest BCUT2D eigenvalue weighted by molar-refractivity contribution is -0.125. The average molecular weight is 274 g/mol. The molecule has 104 valence electrons. The lowest BCUT2D eigenvalue weighted by Crippen LogP contribution is -2.43. The molecule has 1 saturated heterocycles. The molecule has 18 heavy (non-hydrogen) atoms. The van der Waals surface area contributed by atoms with E-state index >= 15 is 0 Å². The second-order valence-corrected chi connectivity index (χ2v) is 7.67. The van der Waals surface area contributed by atoms with Gasteiger partial charge >= 0.3 is 0 Å². The molecule has 0 aromatic heterocycles. The van der Waals surface area contributed by atoms with E-state index in [0.717, 1.165) is 25.7 Å². The number of carbonyl (C=O) groups is 1. The Balaban J connectivity index is 1.79. The molecular formula is C12H22N2O3S. The Bertz CT molecular complexity index is 400. The van der Waals surface area contributed by atoms with E-state index in [0.29, 0.717) is 12.5 Å². The maximum atomic E-state index is 12.0. The molecule has 0 radical (unpaired) electrons. The van der Waals surface area contributed by atoms with Gasteiger partial charge in [-0.3, -0.25) is 4.79 Å². The minimum atomic E-state index is -2.96. The van der Waals surface area contributed by atoms with Gasteiger partial charge in [0.1, 0.15) is 0 Å². The highest BCUT2D eigenvalue weighted by Crippen LogP contribution is 2.21. The van der Waals surface area contributed by atoms with E-state index in [4.69, 9.17) is 0 Å². The van der Waals surface area contributed by atoms with Crippen molar-refractivity contribution in [2.75, 3.05) is 18.6 Å². The lowest BCUT2D eigenvalue weighted by atomic mass is 9.91. The van der Waals surface area contributed by atoms with Crippen molar-refractivity contribution in [2.45, 2.75) is 44.2 Å². The van der Waals surface area contributed by atoms with Crippen LogP contribution in [0.5, 0.6) is 0 Å². The first-order chi connectivity index (χ1) is 8.50. The van der Waals surface area contributed by atoms with Crippen LogP contribution in [0.1, 0.15) is 32.1 Å². The van der Waals surface area contributed by atoms with Crippen LogP contribution in [-0.2, 0) is 14.6 Å². The Kier molecular flexibility index (Phi) is 4.27. The first-order valence-corrected chi connectivity index (χ1v) is 8.50. The van der Waals surface area contributed by atoms with Crippen molar-refractivity contribution in [2.24, 2.45) is 5.92 Å². The van der Waals surface area contributed by atoms with Crippen molar-refractivity contribution in [3.8, 4) is 0 Å². The maximum Gasteiger partial charge on any atom is 0.224 e. The van der Waals surface area contributed by atoms with E-state index in [-0.39, 0.29) is 29.4 Å². The van der Waals surface area contributed by atoms with Crippen LogP contribution in [0.4, 0.5) is 0 Å². The first-order valence-electron chi connectivity index (χ1n) is 6.68. The van der Waals surface area contributed by atoms with Gasteiger partial charge in [0.15, 0.2) is 9.84 Å². The van der Waals surface area contributed by atoms with Gasteiger partial charge in [-0.15, -0.1) is 0 Å². The summed E-state index contributed by atoms with van der Waals surface area (Å²) < 4.78 is 22.7. The monoisotopic (exact) mass is 274 g/mol. The van der Waals surface area contributed by atoms with Crippen LogP contribution < -0.4 is 10.6 Å². The summed E-state index contributed by atoms with van der Waals surface area (Å²) in [6.07, 6.45) is 4.60. The summed E-state index contributed by atoms with van der Waals surface area (Å²) in [4.78, 5) is 12.0. The summed E-state index contributed by atoms with van der Waals surface area (Å²) in [5.41, 5.74) is 0. The Morgan fingerprint density at radius 3 is 2.17 bits per heavy atom. The zero-order valence-corrected chi connectivity index (χ0v) is 11.6. The third-order valence-electron chi connectivity index (χ3n) is 4.09. The predicted molar refractivity (Wildman–Crippen MR) is 70.0 cm³/mol. The fourth-order valence-electron chi connectivity index (χ4n) is 2.85. The Morgan fingerprint density at radius 2 is 1.67 bits per heavy atom. The van der Waals surface area contributed by atoms with Crippen LogP contribution >= 0.6 is 0 Å². The van der Waals surface area contributed by atoms with E-state index in [2.05, 4.69) is 10.6 Å². The quantitative estimate of drug-likeness (QED) is 0.763. The number of rotatable bonds is 3. The highest BCUT2D eigenvalue weighted by molar-refractivity contribution is 7.91. The largest absolute Gasteiger partial charge is 0.353 e. The van der Waals surface area contributed by atoms with Crippen LogP contribution in [0.3, 0.4) is 0 Å². The SMILES string of the molecule is CNC1CCC(NC(=O)C2CCS(=O)(=O)C2)CC1. The van der Waals surface area contributed by atoms with Crippen molar-refractivity contribution in [1.82, 2.24) is 10.6 Å². The number of amides is 1. The minimum Gasteiger partial charge on any atom is -0.353 e. The lowest BCUT2D eigenvalue weighted by Gasteiger charge is -2.29. The minimum absolute atomic E-state index is 0.0324. The van der Waals surface area contributed by atoms with Gasteiger partial charge < -0.3 is 10.6 Å². The van der Waals surface area contributed by atoms with Gasteiger partial charge in [-0.25, -0.2) is 8.42 Å². The molecule has 0 aromatic rings. The average Bonchev–Trinajstić information content (AvgIpc) is 2.71. The molecule has 5 nitrogen and oxygen atoms in total. The van der Waals surface area contributed by atoms with E-state index < -0.39 is 9.84 Å². The number of hydrogen-bond acceptors (Lipinski definition) is 4. The summed E-state index contributed by atoms with van der Waals surface area (Å²) in [5, 5.41) is 6.26.